The van der Waals surface area contributed by atoms with E-state index in [1.165, 1.54) is 11.8 Å². The van der Waals surface area contributed by atoms with E-state index >= 15 is 0 Å². The molecule has 0 aliphatic heterocycles. The third-order valence-corrected chi connectivity index (χ3v) is 6.46. The van der Waals surface area contributed by atoms with Crippen molar-refractivity contribution >= 4 is 41.4 Å². The SMILES string of the molecule is CCC(C)C(NC(=O)C(CCSC)NC(=O)C(NC(=O)C(N)CCC(=O)O)C(C)CC)C(=O)O. The van der Waals surface area contributed by atoms with Gasteiger partial charge in [-0.1, -0.05) is 40.5 Å². The number of rotatable bonds is 17. The molecule has 0 aromatic heterocycles. The van der Waals surface area contributed by atoms with E-state index in [1.54, 1.807) is 13.8 Å². The Kier molecular flexibility index (Phi) is 15.2. The normalized spacial score (nSPS) is 16.3. The number of carboxylic acids is 2. The summed E-state index contributed by atoms with van der Waals surface area (Å²) in [6.45, 7) is 7.13. The molecule has 34 heavy (non-hydrogen) atoms. The van der Waals surface area contributed by atoms with Crippen molar-refractivity contribution in [3.8, 4) is 0 Å². The first kappa shape index (κ1) is 31.7. The van der Waals surface area contributed by atoms with Crippen LogP contribution in [0, 0.1) is 11.8 Å². The number of thioether (sulfide) groups is 1. The standard InChI is InChI=1S/C22H40N4O7S/c1-6-12(3)17(25-19(29)14(23)8-9-16(27)28)21(31)24-15(10-11-34-5)20(30)26-18(22(32)33)13(4)7-2/h12-15,17-18H,6-11,23H2,1-5H3,(H,24,31)(H,25,29)(H,26,30)(H,27,28)(H,32,33). The monoisotopic (exact) mass is 504 g/mol. The minimum atomic E-state index is -1.15. The number of aliphatic carboxylic acids is 2. The number of hydrogen-bond donors (Lipinski definition) is 6. The van der Waals surface area contributed by atoms with Crippen LogP contribution in [0.2, 0.25) is 0 Å². The van der Waals surface area contributed by atoms with Gasteiger partial charge < -0.3 is 31.9 Å². The molecule has 196 valence electrons. The summed E-state index contributed by atoms with van der Waals surface area (Å²) >= 11 is 1.47. The van der Waals surface area contributed by atoms with Crippen molar-refractivity contribution in [2.45, 2.75) is 84.0 Å². The quantitative estimate of drug-likeness (QED) is 0.164. The van der Waals surface area contributed by atoms with Crippen LogP contribution in [-0.4, -0.2) is 76.0 Å². The average molecular weight is 505 g/mol. The second-order valence-electron chi connectivity index (χ2n) is 8.46. The highest BCUT2D eigenvalue weighted by molar-refractivity contribution is 7.98. The molecule has 6 unspecified atom stereocenters. The number of nitrogens with two attached hydrogens (primary N) is 1. The molecule has 0 aromatic carbocycles. The second-order valence-corrected chi connectivity index (χ2v) is 9.45. The van der Waals surface area contributed by atoms with Gasteiger partial charge in [0.25, 0.3) is 0 Å². The highest BCUT2D eigenvalue weighted by Gasteiger charge is 2.33. The predicted molar refractivity (Wildman–Crippen MR) is 130 cm³/mol. The Morgan fingerprint density at radius 3 is 1.82 bits per heavy atom. The number of carbonyl (C=O) groups is 5. The number of nitrogens with one attached hydrogen (secondary N) is 3. The maximum Gasteiger partial charge on any atom is 0.326 e. The van der Waals surface area contributed by atoms with Crippen LogP contribution in [0.4, 0.5) is 0 Å². The van der Waals surface area contributed by atoms with E-state index in [0.717, 1.165) is 0 Å². The van der Waals surface area contributed by atoms with Crippen LogP contribution in [0.1, 0.15) is 59.8 Å². The Morgan fingerprint density at radius 2 is 1.35 bits per heavy atom. The van der Waals surface area contributed by atoms with Gasteiger partial charge in [-0.3, -0.25) is 19.2 Å². The van der Waals surface area contributed by atoms with E-state index in [1.807, 2.05) is 20.1 Å². The smallest absolute Gasteiger partial charge is 0.326 e. The summed E-state index contributed by atoms with van der Waals surface area (Å²) in [6, 6.07) is -4.18. The molecule has 12 heteroatoms. The molecule has 0 aromatic rings. The first-order chi connectivity index (χ1) is 15.9. The van der Waals surface area contributed by atoms with Crippen molar-refractivity contribution in [1.29, 1.82) is 0 Å². The van der Waals surface area contributed by atoms with Gasteiger partial charge in [0.05, 0.1) is 6.04 Å². The van der Waals surface area contributed by atoms with Gasteiger partial charge >= 0.3 is 11.9 Å². The lowest BCUT2D eigenvalue weighted by Crippen LogP contribution is -2.59. The van der Waals surface area contributed by atoms with Crippen LogP contribution >= 0.6 is 11.8 Å². The molecule has 0 heterocycles. The van der Waals surface area contributed by atoms with Gasteiger partial charge in [-0.25, -0.2) is 4.79 Å². The summed E-state index contributed by atoms with van der Waals surface area (Å²) in [5.74, 6) is -4.16. The maximum atomic E-state index is 13.1. The fraction of sp³-hybridized carbons (Fsp3) is 0.773. The minimum Gasteiger partial charge on any atom is -0.481 e. The van der Waals surface area contributed by atoms with Crippen molar-refractivity contribution in [2.75, 3.05) is 12.0 Å². The fourth-order valence-corrected chi connectivity index (χ4v) is 3.55. The predicted octanol–water partition coefficient (Wildman–Crippen LogP) is 0.563. The first-order valence-electron chi connectivity index (χ1n) is 11.5. The minimum absolute atomic E-state index is 0.0824. The van der Waals surface area contributed by atoms with Crippen molar-refractivity contribution in [3.05, 3.63) is 0 Å². The lowest BCUT2D eigenvalue weighted by molar-refractivity contribution is -0.144. The summed E-state index contributed by atoms with van der Waals surface area (Å²) in [4.78, 5) is 60.8. The molecule has 0 saturated carbocycles. The van der Waals surface area contributed by atoms with E-state index in [9.17, 15) is 29.1 Å². The fourth-order valence-electron chi connectivity index (χ4n) is 3.08. The van der Waals surface area contributed by atoms with Crippen molar-refractivity contribution in [2.24, 2.45) is 17.6 Å². The van der Waals surface area contributed by atoms with Crippen molar-refractivity contribution in [3.63, 3.8) is 0 Å². The summed E-state index contributed by atoms with van der Waals surface area (Å²) < 4.78 is 0. The number of carbonyl (C=O) groups excluding carboxylic acids is 3. The third kappa shape index (κ3) is 11.2. The number of carboxylic acid groups (broad SMARTS) is 2. The summed E-state index contributed by atoms with van der Waals surface area (Å²) in [5.41, 5.74) is 5.77. The molecule has 7 N–H and O–H groups in total. The van der Waals surface area contributed by atoms with Gasteiger partial charge in [0.15, 0.2) is 0 Å². The summed E-state index contributed by atoms with van der Waals surface area (Å²) in [6.07, 6.45) is 2.83. The molecule has 3 amide bonds. The summed E-state index contributed by atoms with van der Waals surface area (Å²) in [5, 5.41) is 26.0. The first-order valence-corrected chi connectivity index (χ1v) is 12.9. The zero-order chi connectivity index (χ0) is 26.4. The summed E-state index contributed by atoms with van der Waals surface area (Å²) in [7, 11) is 0. The average Bonchev–Trinajstić information content (AvgIpc) is 2.79. The molecule has 0 aliphatic rings. The molecule has 11 nitrogen and oxygen atoms in total. The molecule has 0 aliphatic carbocycles. The molecule has 0 rings (SSSR count). The van der Waals surface area contributed by atoms with Crippen LogP contribution in [0.5, 0.6) is 0 Å². The van der Waals surface area contributed by atoms with Crippen LogP contribution in [0.3, 0.4) is 0 Å². The Balaban J connectivity index is 5.53. The molecule has 0 radical (unpaired) electrons. The molecular formula is C22H40N4O7S. The Hall–Kier alpha value is -2.34. The molecule has 0 fully saturated rings. The highest BCUT2D eigenvalue weighted by atomic mass is 32.2. The van der Waals surface area contributed by atoms with Gasteiger partial charge in [0, 0.05) is 6.42 Å². The maximum absolute atomic E-state index is 13.1. The van der Waals surface area contributed by atoms with Gasteiger partial charge in [0.1, 0.15) is 18.1 Å². The second kappa shape index (κ2) is 16.3. The Bertz CT molecular complexity index is 707. The molecule has 0 spiro atoms. The number of amides is 3. The van der Waals surface area contributed by atoms with Gasteiger partial charge in [-0.2, -0.15) is 11.8 Å². The van der Waals surface area contributed by atoms with E-state index in [-0.39, 0.29) is 31.1 Å². The zero-order valence-electron chi connectivity index (χ0n) is 20.6. The van der Waals surface area contributed by atoms with E-state index in [0.29, 0.717) is 18.6 Å². The lowest BCUT2D eigenvalue weighted by atomic mass is 9.96. The topological polar surface area (TPSA) is 188 Å². The van der Waals surface area contributed by atoms with Crippen LogP contribution < -0.4 is 21.7 Å². The Labute approximate surface area is 205 Å². The van der Waals surface area contributed by atoms with E-state index in [2.05, 4.69) is 16.0 Å². The van der Waals surface area contributed by atoms with E-state index < -0.39 is 53.8 Å². The van der Waals surface area contributed by atoms with Crippen LogP contribution in [0.25, 0.3) is 0 Å². The lowest BCUT2D eigenvalue weighted by Gasteiger charge is -2.28. The molecule has 0 bridgehead atoms. The molecular weight excluding hydrogens is 464 g/mol. The van der Waals surface area contributed by atoms with E-state index in [4.69, 9.17) is 10.8 Å². The van der Waals surface area contributed by atoms with Gasteiger partial charge in [-0.05, 0) is 36.7 Å². The largest absolute Gasteiger partial charge is 0.481 e. The van der Waals surface area contributed by atoms with Crippen molar-refractivity contribution in [1.82, 2.24) is 16.0 Å². The number of hydrogen-bond acceptors (Lipinski definition) is 7. The van der Waals surface area contributed by atoms with Crippen LogP contribution in [0.15, 0.2) is 0 Å². The third-order valence-electron chi connectivity index (χ3n) is 5.82. The molecule has 6 atom stereocenters. The van der Waals surface area contributed by atoms with Crippen LogP contribution in [-0.2, 0) is 24.0 Å². The highest BCUT2D eigenvalue weighted by Crippen LogP contribution is 2.12. The van der Waals surface area contributed by atoms with Crippen molar-refractivity contribution < 1.29 is 34.2 Å². The van der Waals surface area contributed by atoms with Gasteiger partial charge in [0.2, 0.25) is 17.7 Å². The zero-order valence-corrected chi connectivity index (χ0v) is 21.4. The van der Waals surface area contributed by atoms with Gasteiger partial charge in [-0.15, -0.1) is 0 Å². The Morgan fingerprint density at radius 1 is 0.824 bits per heavy atom. The molecule has 0 saturated heterocycles.